The van der Waals surface area contributed by atoms with Gasteiger partial charge in [-0.15, -0.1) is 0 Å². The molecule has 0 radical (unpaired) electrons. The lowest BCUT2D eigenvalue weighted by atomic mass is 10.2. The van der Waals surface area contributed by atoms with Gasteiger partial charge in [0, 0.05) is 5.69 Å². The number of methoxy groups -OCH3 is 1. The van der Waals surface area contributed by atoms with Gasteiger partial charge in [0.05, 0.1) is 12.7 Å². The van der Waals surface area contributed by atoms with Crippen molar-refractivity contribution in [2.24, 2.45) is 0 Å². The monoisotopic (exact) mass is 219 g/mol. The second-order valence-corrected chi connectivity index (χ2v) is 2.69. The Balaban J connectivity index is 2.77. The van der Waals surface area contributed by atoms with Crippen molar-refractivity contribution in [1.82, 2.24) is 0 Å². The Morgan fingerprint density at radius 1 is 1.27 bits per heavy atom. The molecular formula is C9H8F3NO2. The molecule has 0 saturated carbocycles. The number of halogens is 3. The third kappa shape index (κ3) is 3.16. The molecule has 0 heterocycles. The number of nitrogens with one attached hydrogen (secondary N) is 1. The minimum atomic E-state index is -4.37. The highest BCUT2D eigenvalue weighted by Crippen LogP contribution is 2.29. The Labute approximate surface area is 83.8 Å². The van der Waals surface area contributed by atoms with Crippen molar-refractivity contribution in [3.05, 3.63) is 29.8 Å². The van der Waals surface area contributed by atoms with Gasteiger partial charge in [0.2, 0.25) is 0 Å². The molecule has 0 fully saturated rings. The van der Waals surface area contributed by atoms with Crippen LogP contribution in [0.25, 0.3) is 0 Å². The Morgan fingerprint density at radius 2 is 1.80 bits per heavy atom. The SMILES string of the molecule is COC(=O)Nc1ccc(C(F)(F)F)cc1. The number of carbonyl (C=O) groups excluding carboxylic acids is 1. The van der Waals surface area contributed by atoms with Gasteiger partial charge in [-0.3, -0.25) is 5.32 Å². The van der Waals surface area contributed by atoms with Crippen LogP contribution in [0.2, 0.25) is 0 Å². The number of amides is 1. The summed E-state index contributed by atoms with van der Waals surface area (Å²) in [5.74, 6) is 0. The van der Waals surface area contributed by atoms with Crippen LogP contribution in [0, 0.1) is 0 Å². The van der Waals surface area contributed by atoms with Crippen molar-refractivity contribution in [1.29, 1.82) is 0 Å². The molecule has 0 aliphatic carbocycles. The highest BCUT2D eigenvalue weighted by atomic mass is 19.4. The number of rotatable bonds is 1. The van der Waals surface area contributed by atoms with Crippen LogP contribution in [0.4, 0.5) is 23.7 Å². The molecule has 0 unspecified atom stereocenters. The number of carbonyl (C=O) groups is 1. The van der Waals surface area contributed by atoms with E-state index < -0.39 is 17.8 Å². The third-order valence-electron chi connectivity index (χ3n) is 1.64. The van der Waals surface area contributed by atoms with Crippen LogP contribution in [0.3, 0.4) is 0 Å². The molecule has 1 aromatic rings. The molecule has 6 heteroatoms. The van der Waals surface area contributed by atoms with Crippen LogP contribution >= 0.6 is 0 Å². The maximum absolute atomic E-state index is 12.1. The summed E-state index contributed by atoms with van der Waals surface area (Å²) in [6.45, 7) is 0. The fourth-order valence-corrected chi connectivity index (χ4v) is 0.911. The molecular weight excluding hydrogens is 211 g/mol. The van der Waals surface area contributed by atoms with E-state index in [4.69, 9.17) is 0 Å². The van der Waals surface area contributed by atoms with Crippen LogP contribution < -0.4 is 5.32 Å². The number of alkyl halides is 3. The van der Waals surface area contributed by atoms with Crippen molar-refractivity contribution >= 4 is 11.8 Å². The van der Waals surface area contributed by atoms with Crippen molar-refractivity contribution in [2.75, 3.05) is 12.4 Å². The van der Waals surface area contributed by atoms with Crippen molar-refractivity contribution < 1.29 is 22.7 Å². The molecule has 15 heavy (non-hydrogen) atoms. The van der Waals surface area contributed by atoms with E-state index in [2.05, 4.69) is 10.1 Å². The first-order valence-corrected chi connectivity index (χ1v) is 3.95. The topological polar surface area (TPSA) is 38.3 Å². The van der Waals surface area contributed by atoms with E-state index in [1.807, 2.05) is 0 Å². The van der Waals surface area contributed by atoms with Gasteiger partial charge in [0.15, 0.2) is 0 Å². The first-order chi connectivity index (χ1) is 6.93. The number of anilines is 1. The van der Waals surface area contributed by atoms with E-state index in [0.717, 1.165) is 24.3 Å². The lowest BCUT2D eigenvalue weighted by Crippen LogP contribution is -2.11. The molecule has 82 valence electrons. The second-order valence-electron chi connectivity index (χ2n) is 2.69. The Hall–Kier alpha value is -1.72. The number of benzene rings is 1. The lowest BCUT2D eigenvalue weighted by Gasteiger charge is -2.07. The highest BCUT2D eigenvalue weighted by molar-refractivity contribution is 5.84. The summed E-state index contributed by atoms with van der Waals surface area (Å²) in [6.07, 6.45) is -5.10. The normalized spacial score (nSPS) is 10.9. The van der Waals surface area contributed by atoms with Crippen LogP contribution in [0.1, 0.15) is 5.56 Å². The summed E-state index contributed by atoms with van der Waals surface area (Å²) in [4.78, 5) is 10.7. The predicted molar refractivity (Wildman–Crippen MR) is 47.5 cm³/mol. The summed E-state index contributed by atoms with van der Waals surface area (Å²) < 4.78 is 40.7. The van der Waals surface area contributed by atoms with Crippen molar-refractivity contribution in [3.63, 3.8) is 0 Å². The standard InChI is InChI=1S/C9H8F3NO2/c1-15-8(14)13-7-4-2-6(3-5-7)9(10,11)12/h2-5H,1H3,(H,13,14). The van der Waals surface area contributed by atoms with E-state index in [1.54, 1.807) is 0 Å². The molecule has 3 nitrogen and oxygen atoms in total. The maximum atomic E-state index is 12.1. The molecule has 1 amide bonds. The smallest absolute Gasteiger partial charge is 0.416 e. The Kier molecular flexibility index (Phi) is 3.18. The summed E-state index contributed by atoms with van der Waals surface area (Å²) in [6, 6.07) is 4.07. The van der Waals surface area contributed by atoms with Gasteiger partial charge in [0.1, 0.15) is 0 Å². The van der Waals surface area contributed by atoms with Crippen molar-refractivity contribution in [2.45, 2.75) is 6.18 Å². The zero-order valence-corrected chi connectivity index (χ0v) is 7.76. The molecule has 0 aromatic heterocycles. The van der Waals surface area contributed by atoms with Gasteiger partial charge in [-0.05, 0) is 24.3 Å². The van der Waals surface area contributed by atoms with Crippen LogP contribution in [0.5, 0.6) is 0 Å². The fourth-order valence-electron chi connectivity index (χ4n) is 0.911. The van der Waals surface area contributed by atoms with Crippen LogP contribution in [-0.2, 0) is 10.9 Å². The largest absolute Gasteiger partial charge is 0.453 e. The van der Waals surface area contributed by atoms with Gasteiger partial charge in [-0.2, -0.15) is 13.2 Å². The quantitative estimate of drug-likeness (QED) is 0.788. The van der Waals surface area contributed by atoms with Crippen LogP contribution in [0.15, 0.2) is 24.3 Å². The Morgan fingerprint density at radius 3 is 2.20 bits per heavy atom. The minimum Gasteiger partial charge on any atom is -0.453 e. The minimum absolute atomic E-state index is 0.245. The average molecular weight is 219 g/mol. The summed E-state index contributed by atoms with van der Waals surface area (Å²) in [7, 11) is 1.17. The molecule has 0 bridgehead atoms. The summed E-state index contributed by atoms with van der Waals surface area (Å²) >= 11 is 0. The first kappa shape index (κ1) is 11.4. The van der Waals surface area contributed by atoms with Crippen LogP contribution in [-0.4, -0.2) is 13.2 Å². The first-order valence-electron chi connectivity index (χ1n) is 3.95. The van der Waals surface area contributed by atoms with E-state index in [0.29, 0.717) is 0 Å². The molecule has 1 N–H and O–H groups in total. The molecule has 1 rings (SSSR count). The number of hydrogen-bond donors (Lipinski definition) is 1. The number of ether oxygens (including phenoxy) is 1. The second kappa shape index (κ2) is 4.20. The number of hydrogen-bond acceptors (Lipinski definition) is 2. The van der Waals surface area contributed by atoms with Gasteiger partial charge in [-0.25, -0.2) is 4.79 Å². The predicted octanol–water partition coefficient (Wildman–Crippen LogP) is 2.88. The summed E-state index contributed by atoms with van der Waals surface area (Å²) in [5, 5.41) is 2.24. The van der Waals surface area contributed by atoms with E-state index in [-0.39, 0.29) is 5.69 Å². The Bertz CT molecular complexity index is 345. The van der Waals surface area contributed by atoms with E-state index in [1.165, 1.54) is 7.11 Å². The molecule has 0 aliphatic rings. The molecule has 0 spiro atoms. The average Bonchev–Trinajstić information content (AvgIpc) is 2.17. The zero-order chi connectivity index (χ0) is 11.5. The summed E-state index contributed by atoms with van der Waals surface area (Å²) in [5.41, 5.74) is -0.521. The van der Waals surface area contributed by atoms with Gasteiger partial charge >= 0.3 is 12.3 Å². The lowest BCUT2D eigenvalue weighted by molar-refractivity contribution is -0.137. The van der Waals surface area contributed by atoms with E-state index in [9.17, 15) is 18.0 Å². The molecule has 0 aliphatic heterocycles. The highest BCUT2D eigenvalue weighted by Gasteiger charge is 2.29. The molecule has 0 saturated heterocycles. The van der Waals surface area contributed by atoms with Gasteiger partial charge in [-0.1, -0.05) is 0 Å². The van der Waals surface area contributed by atoms with Crippen molar-refractivity contribution in [3.8, 4) is 0 Å². The van der Waals surface area contributed by atoms with Gasteiger partial charge < -0.3 is 4.74 Å². The molecule has 0 atom stereocenters. The fraction of sp³-hybridized carbons (Fsp3) is 0.222. The molecule has 1 aromatic carbocycles. The van der Waals surface area contributed by atoms with Gasteiger partial charge in [0.25, 0.3) is 0 Å². The van der Waals surface area contributed by atoms with E-state index >= 15 is 0 Å². The third-order valence-corrected chi connectivity index (χ3v) is 1.64. The zero-order valence-electron chi connectivity index (χ0n) is 7.76. The maximum Gasteiger partial charge on any atom is 0.416 e.